The SMILES string of the molecule is COc1ccc(S(=O)(=O)N(Cc2c(Cl)cccc2Cl)CC2CCC(C(=O)NO)CC2)cc1. The molecule has 0 radical (unpaired) electrons. The van der Waals surface area contributed by atoms with Crippen LogP contribution in [0.1, 0.15) is 31.2 Å². The van der Waals surface area contributed by atoms with Crippen LogP contribution in [0.15, 0.2) is 47.4 Å². The topological polar surface area (TPSA) is 95.9 Å². The molecule has 0 saturated heterocycles. The second-order valence-corrected chi connectivity index (χ2v) is 10.6. The Bertz CT molecular complexity index is 1020. The third-order valence-electron chi connectivity index (χ3n) is 5.88. The van der Waals surface area contributed by atoms with Gasteiger partial charge in [-0.1, -0.05) is 29.3 Å². The number of ether oxygens (including phenoxy) is 1. The summed E-state index contributed by atoms with van der Waals surface area (Å²) in [5.74, 6) is -0.0351. The van der Waals surface area contributed by atoms with Crippen LogP contribution in [0.25, 0.3) is 0 Å². The number of halogens is 2. The first-order valence-corrected chi connectivity index (χ1v) is 12.5. The molecule has 0 unspecified atom stereocenters. The van der Waals surface area contributed by atoms with Crippen molar-refractivity contribution in [3.8, 4) is 5.75 Å². The lowest BCUT2D eigenvalue weighted by molar-refractivity contribution is -0.134. The molecule has 1 aliphatic carbocycles. The number of amides is 1. The summed E-state index contributed by atoms with van der Waals surface area (Å²) in [5.41, 5.74) is 2.25. The van der Waals surface area contributed by atoms with Gasteiger partial charge in [0.1, 0.15) is 5.75 Å². The largest absolute Gasteiger partial charge is 0.497 e. The quantitative estimate of drug-likeness (QED) is 0.410. The number of methoxy groups -OCH3 is 1. The lowest BCUT2D eigenvalue weighted by atomic mass is 9.81. The van der Waals surface area contributed by atoms with Crippen molar-refractivity contribution in [1.82, 2.24) is 9.79 Å². The fourth-order valence-electron chi connectivity index (χ4n) is 3.99. The standard InChI is InChI=1S/C22H26Cl2N2O5S/c1-31-17-9-11-18(12-10-17)32(29,30)26(14-19-20(23)3-2-4-21(19)24)13-15-5-7-16(8-6-15)22(27)25-28/h2-4,9-12,15-16,28H,5-8,13-14H2,1H3,(H,25,27). The summed E-state index contributed by atoms with van der Waals surface area (Å²) in [4.78, 5) is 11.8. The Kier molecular flexibility index (Phi) is 8.41. The fourth-order valence-corrected chi connectivity index (χ4v) is 5.99. The Morgan fingerprint density at radius 2 is 1.69 bits per heavy atom. The number of nitrogens with zero attached hydrogens (tertiary/aromatic N) is 1. The first-order valence-electron chi connectivity index (χ1n) is 10.3. The predicted molar refractivity (Wildman–Crippen MR) is 122 cm³/mol. The molecule has 2 N–H and O–H groups in total. The number of nitrogens with one attached hydrogen (secondary N) is 1. The number of rotatable bonds is 8. The van der Waals surface area contributed by atoms with Gasteiger partial charge in [-0.3, -0.25) is 10.0 Å². The molecule has 3 rings (SSSR count). The summed E-state index contributed by atoms with van der Waals surface area (Å²) in [5, 5.41) is 9.66. The van der Waals surface area contributed by atoms with E-state index in [0.717, 1.165) is 0 Å². The smallest absolute Gasteiger partial charge is 0.246 e. The molecule has 0 aromatic heterocycles. The van der Waals surface area contributed by atoms with Gasteiger partial charge in [-0.25, -0.2) is 13.9 Å². The van der Waals surface area contributed by atoms with Gasteiger partial charge >= 0.3 is 0 Å². The van der Waals surface area contributed by atoms with E-state index in [1.807, 2.05) is 0 Å². The lowest BCUT2D eigenvalue weighted by Gasteiger charge is -2.32. The first kappa shape index (κ1) is 24.8. The number of benzene rings is 2. The monoisotopic (exact) mass is 500 g/mol. The van der Waals surface area contributed by atoms with Gasteiger partial charge in [0.25, 0.3) is 0 Å². The molecular weight excluding hydrogens is 475 g/mol. The van der Waals surface area contributed by atoms with Gasteiger partial charge in [-0.05, 0) is 68.0 Å². The van der Waals surface area contributed by atoms with Gasteiger partial charge in [0.05, 0.1) is 12.0 Å². The van der Waals surface area contributed by atoms with Gasteiger partial charge in [0.2, 0.25) is 15.9 Å². The second-order valence-electron chi connectivity index (χ2n) is 7.87. The van der Waals surface area contributed by atoms with E-state index in [1.165, 1.54) is 23.5 Å². The molecule has 10 heteroatoms. The van der Waals surface area contributed by atoms with E-state index < -0.39 is 15.9 Å². The molecule has 0 heterocycles. The highest BCUT2D eigenvalue weighted by atomic mass is 35.5. The number of hydrogen-bond donors (Lipinski definition) is 2. The number of carbonyl (C=O) groups is 1. The van der Waals surface area contributed by atoms with E-state index in [0.29, 0.717) is 47.0 Å². The Hall–Kier alpha value is -1.84. The molecule has 1 amide bonds. The Labute approximate surface area is 198 Å². The number of sulfonamides is 1. The van der Waals surface area contributed by atoms with Crippen LogP contribution in [0.4, 0.5) is 0 Å². The average molecular weight is 501 g/mol. The number of hydrogen-bond acceptors (Lipinski definition) is 5. The van der Waals surface area contributed by atoms with Crippen LogP contribution >= 0.6 is 23.2 Å². The molecule has 0 bridgehead atoms. The molecule has 0 aliphatic heterocycles. The lowest BCUT2D eigenvalue weighted by Crippen LogP contribution is -2.38. The minimum Gasteiger partial charge on any atom is -0.497 e. The molecular formula is C22H26Cl2N2O5S. The van der Waals surface area contributed by atoms with Crippen molar-refractivity contribution in [2.24, 2.45) is 11.8 Å². The Balaban J connectivity index is 1.86. The zero-order valence-corrected chi connectivity index (χ0v) is 20.0. The van der Waals surface area contributed by atoms with E-state index in [-0.39, 0.29) is 29.8 Å². The molecule has 1 fully saturated rings. The third-order valence-corrected chi connectivity index (χ3v) is 8.42. The van der Waals surface area contributed by atoms with Crippen LogP contribution in [0.5, 0.6) is 5.75 Å². The summed E-state index contributed by atoms with van der Waals surface area (Å²) < 4.78 is 33.6. The fraction of sp³-hybridized carbons (Fsp3) is 0.409. The summed E-state index contributed by atoms with van der Waals surface area (Å²) in [7, 11) is -2.33. The van der Waals surface area contributed by atoms with Crippen LogP contribution < -0.4 is 10.2 Å². The molecule has 2 aromatic carbocycles. The molecule has 1 saturated carbocycles. The minimum absolute atomic E-state index is 0.0317. The van der Waals surface area contributed by atoms with Crippen molar-refractivity contribution in [2.75, 3.05) is 13.7 Å². The van der Waals surface area contributed by atoms with Crippen LogP contribution in [0.3, 0.4) is 0 Å². The zero-order chi connectivity index (χ0) is 23.3. The number of hydroxylamine groups is 1. The normalized spacial score (nSPS) is 19.0. The highest BCUT2D eigenvalue weighted by Gasteiger charge is 2.32. The van der Waals surface area contributed by atoms with Crippen LogP contribution in [0.2, 0.25) is 10.0 Å². The maximum Gasteiger partial charge on any atom is 0.246 e. The van der Waals surface area contributed by atoms with E-state index in [2.05, 4.69) is 0 Å². The number of carbonyl (C=O) groups excluding carboxylic acids is 1. The summed E-state index contributed by atoms with van der Waals surface area (Å²) in [6.45, 7) is 0.299. The summed E-state index contributed by atoms with van der Waals surface area (Å²) in [6.07, 6.45) is 2.51. The maximum absolute atomic E-state index is 13.6. The van der Waals surface area contributed by atoms with Crippen LogP contribution in [0, 0.1) is 11.8 Å². The van der Waals surface area contributed by atoms with Gasteiger partial charge < -0.3 is 4.74 Å². The molecule has 2 aromatic rings. The van der Waals surface area contributed by atoms with Gasteiger partial charge in [0, 0.05) is 34.6 Å². The average Bonchev–Trinajstić information content (AvgIpc) is 2.80. The molecule has 7 nitrogen and oxygen atoms in total. The maximum atomic E-state index is 13.6. The second kappa shape index (κ2) is 10.9. The highest BCUT2D eigenvalue weighted by molar-refractivity contribution is 7.89. The van der Waals surface area contributed by atoms with E-state index in [9.17, 15) is 13.2 Å². The van der Waals surface area contributed by atoms with E-state index in [1.54, 1.807) is 35.8 Å². The Morgan fingerprint density at radius 3 is 2.22 bits per heavy atom. The van der Waals surface area contributed by atoms with Gasteiger partial charge in [-0.15, -0.1) is 0 Å². The van der Waals surface area contributed by atoms with E-state index >= 15 is 0 Å². The van der Waals surface area contributed by atoms with Crippen molar-refractivity contribution in [1.29, 1.82) is 0 Å². The predicted octanol–water partition coefficient (Wildman–Crippen LogP) is 4.50. The third kappa shape index (κ3) is 5.74. The molecule has 174 valence electrons. The van der Waals surface area contributed by atoms with Crippen molar-refractivity contribution in [3.05, 3.63) is 58.1 Å². The van der Waals surface area contributed by atoms with Crippen molar-refractivity contribution in [3.63, 3.8) is 0 Å². The first-order chi connectivity index (χ1) is 15.3. The summed E-state index contributed by atoms with van der Waals surface area (Å²) in [6, 6.07) is 11.3. The van der Waals surface area contributed by atoms with Crippen LogP contribution in [-0.4, -0.2) is 37.5 Å². The molecule has 1 aliphatic rings. The van der Waals surface area contributed by atoms with Crippen molar-refractivity contribution < 1.29 is 23.2 Å². The van der Waals surface area contributed by atoms with Gasteiger partial charge in [0.15, 0.2) is 0 Å². The van der Waals surface area contributed by atoms with E-state index in [4.69, 9.17) is 33.1 Å². The van der Waals surface area contributed by atoms with Crippen LogP contribution in [-0.2, 0) is 21.4 Å². The zero-order valence-electron chi connectivity index (χ0n) is 17.6. The minimum atomic E-state index is -3.85. The molecule has 0 spiro atoms. The van der Waals surface area contributed by atoms with Gasteiger partial charge in [-0.2, -0.15) is 4.31 Å². The molecule has 32 heavy (non-hydrogen) atoms. The van der Waals surface area contributed by atoms with Crippen molar-refractivity contribution in [2.45, 2.75) is 37.1 Å². The highest BCUT2D eigenvalue weighted by Crippen LogP contribution is 2.33. The Morgan fingerprint density at radius 1 is 1.09 bits per heavy atom. The summed E-state index contributed by atoms with van der Waals surface area (Å²) >= 11 is 12.7. The molecule has 0 atom stereocenters. The van der Waals surface area contributed by atoms with Crippen molar-refractivity contribution >= 4 is 39.1 Å².